The highest BCUT2D eigenvalue weighted by Gasteiger charge is 2.14. The quantitative estimate of drug-likeness (QED) is 0.336. The third-order valence-corrected chi connectivity index (χ3v) is 6.47. The predicted octanol–water partition coefficient (Wildman–Crippen LogP) is 6.43. The van der Waals surface area contributed by atoms with E-state index in [1.807, 2.05) is 53.2 Å². The molecule has 2 heterocycles. The lowest BCUT2D eigenvalue weighted by atomic mass is 10.1. The zero-order valence-corrected chi connectivity index (χ0v) is 19.8. The van der Waals surface area contributed by atoms with Gasteiger partial charge < -0.3 is 9.84 Å². The molecule has 174 valence electrons. The Hall–Kier alpha value is -3.28. The van der Waals surface area contributed by atoms with Crippen LogP contribution in [0.1, 0.15) is 19.3 Å². The molecule has 0 aliphatic carbocycles. The maximum absolute atomic E-state index is 9.65. The van der Waals surface area contributed by atoms with E-state index in [4.69, 9.17) is 21.4 Å². The predicted molar refractivity (Wildman–Crippen MR) is 137 cm³/mol. The molecular weight excluding hydrogens is 446 g/mol. The first-order chi connectivity index (χ1) is 16.7. The Kier molecular flexibility index (Phi) is 6.84. The summed E-state index contributed by atoms with van der Waals surface area (Å²) in [6.07, 6.45) is 3.93. The van der Waals surface area contributed by atoms with Gasteiger partial charge in [-0.05, 0) is 105 Å². The Balaban J connectivity index is 1.38. The van der Waals surface area contributed by atoms with Crippen LogP contribution >= 0.6 is 11.6 Å². The van der Waals surface area contributed by atoms with Gasteiger partial charge in [0.1, 0.15) is 18.1 Å². The molecule has 3 aromatic carbocycles. The number of piperidine rings is 1. The molecule has 4 aromatic rings. The van der Waals surface area contributed by atoms with Gasteiger partial charge in [-0.25, -0.2) is 4.68 Å². The number of hydrogen-bond donors (Lipinski definition) is 1. The van der Waals surface area contributed by atoms with Gasteiger partial charge in [0.05, 0.1) is 17.1 Å². The standard InChI is InChI=1S/C28H28ClN3O2/c29-23-8-10-24(11-9-23)32-28(20-27(30-32)21-4-12-25(33)13-5-21)22-6-14-26(15-7-22)34-19-18-31-16-2-1-3-17-31/h4-15,20,33H,1-3,16-19H2. The summed E-state index contributed by atoms with van der Waals surface area (Å²) in [5, 5.41) is 15.2. The highest BCUT2D eigenvalue weighted by molar-refractivity contribution is 6.30. The molecule has 0 spiro atoms. The molecule has 1 saturated heterocycles. The molecule has 0 radical (unpaired) electrons. The lowest BCUT2D eigenvalue weighted by molar-refractivity contribution is 0.183. The average molecular weight is 474 g/mol. The number of benzene rings is 3. The van der Waals surface area contributed by atoms with E-state index in [9.17, 15) is 5.11 Å². The lowest BCUT2D eigenvalue weighted by Crippen LogP contribution is -2.33. The third-order valence-electron chi connectivity index (χ3n) is 6.22. The van der Waals surface area contributed by atoms with Gasteiger partial charge in [-0.1, -0.05) is 18.0 Å². The van der Waals surface area contributed by atoms with Gasteiger partial charge in [0.25, 0.3) is 0 Å². The van der Waals surface area contributed by atoms with Crippen LogP contribution in [0.5, 0.6) is 11.5 Å². The zero-order valence-electron chi connectivity index (χ0n) is 19.0. The summed E-state index contributed by atoms with van der Waals surface area (Å²) >= 11 is 6.11. The number of phenols is 1. The average Bonchev–Trinajstić information content (AvgIpc) is 3.31. The van der Waals surface area contributed by atoms with Crippen molar-refractivity contribution < 1.29 is 9.84 Å². The van der Waals surface area contributed by atoms with Gasteiger partial charge in [0.2, 0.25) is 0 Å². The Morgan fingerprint density at radius 1 is 0.824 bits per heavy atom. The third kappa shape index (κ3) is 5.27. The van der Waals surface area contributed by atoms with Crippen molar-refractivity contribution in [2.24, 2.45) is 0 Å². The molecule has 1 aromatic heterocycles. The summed E-state index contributed by atoms with van der Waals surface area (Å²) in [4.78, 5) is 2.48. The van der Waals surface area contributed by atoms with Crippen LogP contribution in [0, 0.1) is 0 Å². The molecule has 0 bridgehead atoms. The molecule has 1 aliphatic rings. The van der Waals surface area contributed by atoms with Gasteiger partial charge in [-0.2, -0.15) is 5.10 Å². The van der Waals surface area contributed by atoms with E-state index in [2.05, 4.69) is 23.1 Å². The van der Waals surface area contributed by atoms with Gasteiger partial charge in [-0.3, -0.25) is 4.90 Å². The van der Waals surface area contributed by atoms with Crippen LogP contribution in [0.3, 0.4) is 0 Å². The van der Waals surface area contributed by atoms with Crippen molar-refractivity contribution >= 4 is 11.6 Å². The van der Waals surface area contributed by atoms with E-state index in [-0.39, 0.29) is 5.75 Å². The smallest absolute Gasteiger partial charge is 0.119 e. The van der Waals surface area contributed by atoms with Crippen molar-refractivity contribution in [1.29, 1.82) is 0 Å². The van der Waals surface area contributed by atoms with E-state index in [1.165, 1.54) is 32.4 Å². The van der Waals surface area contributed by atoms with Gasteiger partial charge >= 0.3 is 0 Å². The van der Waals surface area contributed by atoms with Crippen molar-refractivity contribution in [3.8, 4) is 39.7 Å². The molecule has 5 rings (SSSR count). The number of ether oxygens (including phenoxy) is 1. The Morgan fingerprint density at radius 3 is 2.21 bits per heavy atom. The first kappa shape index (κ1) is 22.5. The van der Waals surface area contributed by atoms with Crippen LogP contribution in [0.2, 0.25) is 5.02 Å². The molecule has 0 unspecified atom stereocenters. The number of aromatic nitrogens is 2. The highest BCUT2D eigenvalue weighted by Crippen LogP contribution is 2.31. The monoisotopic (exact) mass is 473 g/mol. The van der Waals surface area contributed by atoms with Crippen LogP contribution in [0.25, 0.3) is 28.2 Å². The summed E-state index contributed by atoms with van der Waals surface area (Å²) < 4.78 is 7.93. The molecule has 1 aliphatic heterocycles. The molecule has 34 heavy (non-hydrogen) atoms. The van der Waals surface area contributed by atoms with Gasteiger partial charge in [0, 0.05) is 22.7 Å². The minimum absolute atomic E-state index is 0.233. The van der Waals surface area contributed by atoms with E-state index >= 15 is 0 Å². The minimum Gasteiger partial charge on any atom is -0.508 e. The molecular formula is C28H28ClN3O2. The fourth-order valence-corrected chi connectivity index (χ4v) is 4.46. The van der Waals surface area contributed by atoms with Crippen LogP contribution in [-0.2, 0) is 0 Å². The Morgan fingerprint density at radius 2 is 1.50 bits per heavy atom. The first-order valence-electron chi connectivity index (χ1n) is 11.8. The minimum atomic E-state index is 0.233. The largest absolute Gasteiger partial charge is 0.508 e. The van der Waals surface area contributed by atoms with Crippen molar-refractivity contribution in [3.63, 3.8) is 0 Å². The second kappa shape index (κ2) is 10.3. The molecule has 0 atom stereocenters. The highest BCUT2D eigenvalue weighted by atomic mass is 35.5. The van der Waals surface area contributed by atoms with Crippen molar-refractivity contribution in [2.75, 3.05) is 26.2 Å². The number of likely N-dealkylation sites (tertiary alicyclic amines) is 1. The van der Waals surface area contributed by atoms with Crippen molar-refractivity contribution in [1.82, 2.24) is 14.7 Å². The van der Waals surface area contributed by atoms with Crippen LogP contribution in [-0.4, -0.2) is 46.0 Å². The van der Waals surface area contributed by atoms with E-state index in [1.54, 1.807) is 12.1 Å². The number of halogens is 1. The normalized spacial score (nSPS) is 14.3. The van der Waals surface area contributed by atoms with Gasteiger partial charge in [0.15, 0.2) is 0 Å². The summed E-state index contributed by atoms with van der Waals surface area (Å²) in [5.41, 5.74) is 4.68. The van der Waals surface area contributed by atoms with E-state index in [0.717, 1.165) is 40.5 Å². The van der Waals surface area contributed by atoms with E-state index in [0.29, 0.717) is 11.6 Å². The van der Waals surface area contributed by atoms with Crippen molar-refractivity contribution in [3.05, 3.63) is 83.9 Å². The van der Waals surface area contributed by atoms with E-state index < -0.39 is 0 Å². The fourth-order valence-electron chi connectivity index (χ4n) is 4.34. The summed E-state index contributed by atoms with van der Waals surface area (Å²) in [6.45, 7) is 4.04. The van der Waals surface area contributed by atoms with Crippen LogP contribution in [0.15, 0.2) is 78.9 Å². The van der Waals surface area contributed by atoms with Crippen LogP contribution < -0.4 is 4.74 Å². The van der Waals surface area contributed by atoms with Crippen LogP contribution in [0.4, 0.5) is 0 Å². The second-order valence-corrected chi connectivity index (χ2v) is 9.06. The number of nitrogens with zero attached hydrogens (tertiary/aromatic N) is 3. The topological polar surface area (TPSA) is 50.5 Å². The van der Waals surface area contributed by atoms with Gasteiger partial charge in [-0.15, -0.1) is 0 Å². The Bertz CT molecular complexity index is 1210. The number of aromatic hydroxyl groups is 1. The summed E-state index contributed by atoms with van der Waals surface area (Å²) in [7, 11) is 0. The second-order valence-electron chi connectivity index (χ2n) is 8.63. The number of phenolic OH excluding ortho intramolecular Hbond substituents is 1. The fraction of sp³-hybridized carbons (Fsp3) is 0.250. The Labute approximate surface area is 205 Å². The maximum atomic E-state index is 9.65. The molecule has 5 nitrogen and oxygen atoms in total. The molecule has 0 saturated carbocycles. The summed E-state index contributed by atoms with van der Waals surface area (Å²) in [6, 6.07) is 25.0. The number of hydrogen-bond acceptors (Lipinski definition) is 4. The number of rotatable bonds is 7. The summed E-state index contributed by atoms with van der Waals surface area (Å²) in [5.74, 6) is 1.11. The zero-order chi connectivity index (χ0) is 23.3. The molecule has 6 heteroatoms. The molecule has 1 fully saturated rings. The molecule has 0 amide bonds. The maximum Gasteiger partial charge on any atom is 0.119 e. The van der Waals surface area contributed by atoms with Crippen molar-refractivity contribution in [2.45, 2.75) is 19.3 Å². The first-order valence-corrected chi connectivity index (χ1v) is 12.1. The molecule has 1 N–H and O–H groups in total. The lowest BCUT2D eigenvalue weighted by Gasteiger charge is -2.26. The SMILES string of the molecule is Oc1ccc(-c2cc(-c3ccc(OCCN4CCCCC4)cc3)n(-c3ccc(Cl)cc3)n2)cc1.